The van der Waals surface area contributed by atoms with E-state index in [1.807, 2.05) is 11.5 Å². The maximum atomic E-state index is 6.28. The summed E-state index contributed by atoms with van der Waals surface area (Å²) in [7, 11) is 1.71. The Morgan fingerprint density at radius 2 is 2.38 bits per heavy atom. The first-order chi connectivity index (χ1) is 10.0. The van der Waals surface area contributed by atoms with Crippen LogP contribution in [0.2, 0.25) is 5.02 Å². The molecule has 1 saturated heterocycles. The monoisotopic (exact) mass is 329 g/mol. The third-order valence-corrected chi connectivity index (χ3v) is 4.29. The molecule has 1 fully saturated rings. The van der Waals surface area contributed by atoms with Crippen molar-refractivity contribution in [2.24, 2.45) is 0 Å². The van der Waals surface area contributed by atoms with Crippen LogP contribution >= 0.6 is 23.2 Å². The highest BCUT2D eigenvalue weighted by Gasteiger charge is 2.37. The first-order valence-electron chi connectivity index (χ1n) is 6.83. The molecule has 0 aromatic carbocycles. The van der Waals surface area contributed by atoms with E-state index in [-0.39, 0.29) is 11.0 Å². The van der Waals surface area contributed by atoms with Gasteiger partial charge in [0.2, 0.25) is 0 Å². The Kier molecular flexibility index (Phi) is 4.10. The molecule has 0 saturated carbocycles. The van der Waals surface area contributed by atoms with Crippen LogP contribution in [0, 0.1) is 0 Å². The molecule has 114 valence electrons. The van der Waals surface area contributed by atoms with Gasteiger partial charge in [-0.2, -0.15) is 0 Å². The summed E-state index contributed by atoms with van der Waals surface area (Å²) in [5, 5.41) is 0.334. The Hall–Kier alpha value is -0.880. The summed E-state index contributed by atoms with van der Waals surface area (Å²) in [6.45, 7) is 3.77. The number of rotatable bonds is 4. The highest BCUT2D eigenvalue weighted by Crippen LogP contribution is 2.30. The van der Waals surface area contributed by atoms with Crippen molar-refractivity contribution in [3.8, 4) is 0 Å². The van der Waals surface area contributed by atoms with Gasteiger partial charge in [-0.3, -0.25) is 0 Å². The number of ether oxygens (including phenoxy) is 2. The van der Waals surface area contributed by atoms with Crippen LogP contribution in [0.5, 0.6) is 0 Å². The van der Waals surface area contributed by atoms with E-state index in [0.29, 0.717) is 24.8 Å². The predicted molar refractivity (Wildman–Crippen MR) is 82.0 cm³/mol. The molecule has 0 radical (unpaired) electrons. The summed E-state index contributed by atoms with van der Waals surface area (Å²) in [6, 6.07) is 1.80. The number of alkyl halides is 1. The molecule has 2 unspecified atom stereocenters. The number of methoxy groups -OCH3 is 1. The summed E-state index contributed by atoms with van der Waals surface area (Å²) in [5.74, 6) is 0.768. The van der Waals surface area contributed by atoms with Crippen molar-refractivity contribution in [1.82, 2.24) is 14.5 Å². The SMILES string of the molecule is COC1(Cn2c(C(C)Cl)nc3cc(Cl)cnc32)CCOC1. The van der Waals surface area contributed by atoms with Gasteiger partial charge >= 0.3 is 0 Å². The third kappa shape index (κ3) is 2.75. The van der Waals surface area contributed by atoms with Crippen LogP contribution in [0.15, 0.2) is 12.3 Å². The molecule has 0 N–H and O–H groups in total. The van der Waals surface area contributed by atoms with Crippen molar-refractivity contribution in [3.63, 3.8) is 0 Å². The van der Waals surface area contributed by atoms with Gasteiger partial charge in [-0.15, -0.1) is 11.6 Å². The molecular formula is C14H17Cl2N3O2. The molecule has 0 bridgehead atoms. The first kappa shape index (κ1) is 15.0. The van der Waals surface area contributed by atoms with Crippen LogP contribution in [-0.2, 0) is 16.0 Å². The van der Waals surface area contributed by atoms with E-state index in [2.05, 4.69) is 9.97 Å². The quantitative estimate of drug-likeness (QED) is 0.808. The second-order valence-corrected chi connectivity index (χ2v) is 6.45. The number of hydrogen-bond donors (Lipinski definition) is 0. The fraction of sp³-hybridized carbons (Fsp3) is 0.571. The molecule has 1 aliphatic rings. The lowest BCUT2D eigenvalue weighted by atomic mass is 10.0. The summed E-state index contributed by atoms with van der Waals surface area (Å²) in [4.78, 5) is 8.97. The molecule has 2 aromatic rings. The number of fused-ring (bicyclic) bond motifs is 1. The standard InChI is InChI=1S/C14H17Cl2N3O2/c1-9(15)12-18-11-5-10(16)6-17-13(11)19(12)7-14(20-2)3-4-21-8-14/h5-6,9H,3-4,7-8H2,1-2H3. The van der Waals surface area contributed by atoms with Crippen LogP contribution < -0.4 is 0 Å². The van der Waals surface area contributed by atoms with Crippen molar-refractivity contribution in [2.75, 3.05) is 20.3 Å². The molecular weight excluding hydrogens is 313 g/mol. The average Bonchev–Trinajstić information content (AvgIpc) is 3.05. The molecule has 5 nitrogen and oxygen atoms in total. The van der Waals surface area contributed by atoms with Crippen molar-refractivity contribution >= 4 is 34.4 Å². The fourth-order valence-corrected chi connectivity index (χ4v) is 3.01. The van der Waals surface area contributed by atoms with Crippen molar-refractivity contribution < 1.29 is 9.47 Å². The van der Waals surface area contributed by atoms with Gasteiger partial charge in [0.1, 0.15) is 16.9 Å². The van der Waals surface area contributed by atoms with Crippen molar-refractivity contribution in [1.29, 1.82) is 0 Å². The zero-order valence-corrected chi connectivity index (χ0v) is 13.5. The Morgan fingerprint density at radius 3 is 3.00 bits per heavy atom. The first-order valence-corrected chi connectivity index (χ1v) is 7.65. The van der Waals surface area contributed by atoms with E-state index in [1.165, 1.54) is 0 Å². The predicted octanol–water partition coefficient (Wildman–Crippen LogP) is 3.19. The number of imidazole rings is 1. The van der Waals surface area contributed by atoms with Gasteiger partial charge in [-0.1, -0.05) is 11.6 Å². The highest BCUT2D eigenvalue weighted by molar-refractivity contribution is 6.31. The van der Waals surface area contributed by atoms with Gasteiger partial charge in [-0.25, -0.2) is 9.97 Å². The zero-order chi connectivity index (χ0) is 15.0. The molecule has 21 heavy (non-hydrogen) atoms. The molecule has 2 atom stereocenters. The van der Waals surface area contributed by atoms with Crippen molar-refractivity contribution in [3.05, 3.63) is 23.1 Å². The molecule has 0 aliphatic carbocycles. The summed E-state index contributed by atoms with van der Waals surface area (Å²) >= 11 is 12.3. The minimum Gasteiger partial charge on any atom is -0.378 e. The second kappa shape index (κ2) is 5.72. The van der Waals surface area contributed by atoms with Crippen LogP contribution in [0.4, 0.5) is 0 Å². The maximum absolute atomic E-state index is 6.28. The molecule has 0 amide bonds. The molecule has 0 spiro atoms. The third-order valence-electron chi connectivity index (χ3n) is 3.88. The van der Waals surface area contributed by atoms with Gasteiger partial charge in [-0.05, 0) is 13.0 Å². The molecule has 1 aliphatic heterocycles. The topological polar surface area (TPSA) is 49.2 Å². The normalized spacial score (nSPS) is 23.8. The van der Waals surface area contributed by atoms with E-state index >= 15 is 0 Å². The van der Waals surface area contributed by atoms with Gasteiger partial charge in [0.15, 0.2) is 5.65 Å². The van der Waals surface area contributed by atoms with E-state index in [1.54, 1.807) is 19.4 Å². The number of nitrogens with zero attached hydrogens (tertiary/aromatic N) is 3. The summed E-state index contributed by atoms with van der Waals surface area (Å²) in [5.41, 5.74) is 1.16. The maximum Gasteiger partial charge on any atom is 0.160 e. The van der Waals surface area contributed by atoms with Gasteiger partial charge in [0.05, 0.1) is 23.6 Å². The Bertz CT molecular complexity index is 651. The minimum absolute atomic E-state index is 0.228. The second-order valence-electron chi connectivity index (χ2n) is 5.36. The fourth-order valence-electron chi connectivity index (χ4n) is 2.69. The molecule has 7 heteroatoms. The van der Waals surface area contributed by atoms with Crippen LogP contribution in [0.1, 0.15) is 24.5 Å². The van der Waals surface area contributed by atoms with Crippen LogP contribution in [-0.4, -0.2) is 40.5 Å². The number of aromatic nitrogens is 3. The van der Waals surface area contributed by atoms with Gasteiger partial charge in [0, 0.05) is 26.3 Å². The van der Waals surface area contributed by atoms with E-state index in [9.17, 15) is 0 Å². The highest BCUT2D eigenvalue weighted by atomic mass is 35.5. The molecule has 3 rings (SSSR count). The largest absolute Gasteiger partial charge is 0.378 e. The molecule has 3 heterocycles. The van der Waals surface area contributed by atoms with E-state index in [0.717, 1.165) is 23.4 Å². The van der Waals surface area contributed by atoms with Gasteiger partial charge in [0.25, 0.3) is 0 Å². The van der Waals surface area contributed by atoms with E-state index in [4.69, 9.17) is 32.7 Å². The van der Waals surface area contributed by atoms with Crippen LogP contribution in [0.25, 0.3) is 11.2 Å². The number of hydrogen-bond acceptors (Lipinski definition) is 4. The molecule has 2 aromatic heterocycles. The Morgan fingerprint density at radius 1 is 1.57 bits per heavy atom. The lowest BCUT2D eigenvalue weighted by Gasteiger charge is -2.27. The number of halogens is 2. The Balaban J connectivity index is 2.09. The van der Waals surface area contributed by atoms with E-state index < -0.39 is 0 Å². The lowest BCUT2D eigenvalue weighted by molar-refractivity contribution is -0.0293. The smallest absolute Gasteiger partial charge is 0.160 e. The lowest BCUT2D eigenvalue weighted by Crippen LogP contribution is -2.37. The van der Waals surface area contributed by atoms with Crippen molar-refractivity contribution in [2.45, 2.75) is 30.9 Å². The number of pyridine rings is 1. The average molecular weight is 330 g/mol. The Labute approximate surface area is 133 Å². The summed E-state index contributed by atoms with van der Waals surface area (Å²) < 4.78 is 13.2. The summed E-state index contributed by atoms with van der Waals surface area (Å²) in [6.07, 6.45) is 2.46. The zero-order valence-electron chi connectivity index (χ0n) is 12.0. The van der Waals surface area contributed by atoms with Crippen LogP contribution in [0.3, 0.4) is 0 Å². The van der Waals surface area contributed by atoms with Gasteiger partial charge < -0.3 is 14.0 Å². The minimum atomic E-state index is -0.352.